The molecule has 1 heterocycles. The number of benzene rings is 1. The Morgan fingerprint density at radius 1 is 1.21 bits per heavy atom. The molecule has 1 aromatic carbocycles. The number of hydrogen-bond donors (Lipinski definition) is 2. The van der Waals surface area contributed by atoms with Crippen LogP contribution in [0.5, 0.6) is 0 Å². The molecule has 0 unspecified atom stereocenters. The Balaban J connectivity index is 2.16. The maximum absolute atomic E-state index is 11.9. The van der Waals surface area contributed by atoms with E-state index >= 15 is 0 Å². The Hall–Kier alpha value is -2.14. The van der Waals surface area contributed by atoms with Gasteiger partial charge >= 0.3 is 0 Å². The van der Waals surface area contributed by atoms with Crippen LogP contribution >= 0.6 is 0 Å². The molecule has 0 atom stereocenters. The van der Waals surface area contributed by atoms with Crippen molar-refractivity contribution in [2.75, 3.05) is 18.5 Å². The second-order valence-corrected chi connectivity index (χ2v) is 4.50. The zero-order chi connectivity index (χ0) is 14.0. The fourth-order valence-corrected chi connectivity index (χ4v) is 1.88. The Morgan fingerprint density at radius 2 is 1.95 bits per heavy atom. The molecule has 19 heavy (non-hydrogen) atoms. The molecule has 0 aromatic heterocycles. The molecule has 2 amide bonds. The predicted octanol–water partition coefficient (Wildman–Crippen LogP) is 0.960. The van der Waals surface area contributed by atoms with E-state index in [2.05, 4.69) is 5.32 Å². The highest BCUT2D eigenvalue weighted by molar-refractivity contribution is 6.17. The molecule has 5 nitrogen and oxygen atoms in total. The van der Waals surface area contributed by atoms with Crippen LogP contribution in [0.1, 0.15) is 11.1 Å². The molecule has 0 spiro atoms. The zero-order valence-corrected chi connectivity index (χ0v) is 10.9. The van der Waals surface area contributed by atoms with Gasteiger partial charge in [0, 0.05) is 11.8 Å². The fourth-order valence-electron chi connectivity index (χ4n) is 1.88. The number of β-amino-alcohol motifs (C(OH)–C–C–N with tert-alkyl or cyclic N) is 1. The first-order valence-corrected chi connectivity index (χ1v) is 6.05. The summed E-state index contributed by atoms with van der Waals surface area (Å²) in [7, 11) is 0. The fraction of sp³-hybridized carbons (Fsp3) is 0.286. The summed E-state index contributed by atoms with van der Waals surface area (Å²) in [5.74, 6) is -0.803. The van der Waals surface area contributed by atoms with E-state index < -0.39 is 11.8 Å². The third kappa shape index (κ3) is 2.66. The second-order valence-electron chi connectivity index (χ2n) is 4.50. The molecule has 0 bridgehead atoms. The Labute approximate surface area is 111 Å². The summed E-state index contributed by atoms with van der Waals surface area (Å²) in [6.45, 7) is 3.77. The number of nitrogens with one attached hydrogen (secondary N) is 1. The highest BCUT2D eigenvalue weighted by Crippen LogP contribution is 2.19. The number of aliphatic hydroxyl groups is 1. The summed E-state index contributed by atoms with van der Waals surface area (Å²) in [6.07, 6.45) is 1.26. The molecule has 0 aliphatic carbocycles. The summed E-state index contributed by atoms with van der Waals surface area (Å²) in [6, 6.07) is 5.73. The number of carbonyl (C=O) groups is 2. The summed E-state index contributed by atoms with van der Waals surface area (Å²) in [5.41, 5.74) is 3.27. The van der Waals surface area contributed by atoms with E-state index in [0.717, 1.165) is 21.7 Å². The number of nitrogens with zero attached hydrogens (tertiary/aromatic N) is 1. The van der Waals surface area contributed by atoms with Gasteiger partial charge in [0.05, 0.1) is 13.2 Å². The lowest BCUT2D eigenvalue weighted by Crippen LogP contribution is -2.34. The number of amides is 2. The number of anilines is 1. The maximum Gasteiger partial charge on any atom is 0.277 e. The summed E-state index contributed by atoms with van der Waals surface area (Å²) in [5, 5.41) is 11.8. The van der Waals surface area contributed by atoms with Crippen LogP contribution in [0, 0.1) is 13.8 Å². The van der Waals surface area contributed by atoms with Crippen molar-refractivity contribution in [3.05, 3.63) is 41.1 Å². The third-order valence-electron chi connectivity index (χ3n) is 3.12. The van der Waals surface area contributed by atoms with Gasteiger partial charge in [-0.2, -0.15) is 0 Å². The van der Waals surface area contributed by atoms with Crippen LogP contribution in [-0.4, -0.2) is 35.0 Å². The van der Waals surface area contributed by atoms with Crippen LogP contribution in [-0.2, 0) is 9.59 Å². The van der Waals surface area contributed by atoms with Crippen molar-refractivity contribution in [2.24, 2.45) is 0 Å². The quantitative estimate of drug-likeness (QED) is 0.791. The lowest BCUT2D eigenvalue weighted by molar-refractivity contribution is -0.137. The number of aliphatic hydroxyl groups excluding tert-OH is 1. The minimum atomic E-state index is -0.405. The van der Waals surface area contributed by atoms with Crippen molar-refractivity contribution in [2.45, 2.75) is 13.8 Å². The van der Waals surface area contributed by atoms with Crippen molar-refractivity contribution in [1.82, 2.24) is 4.90 Å². The topological polar surface area (TPSA) is 69.6 Å². The minimum absolute atomic E-state index is 0.0201. The van der Waals surface area contributed by atoms with Gasteiger partial charge in [0.15, 0.2) is 0 Å². The minimum Gasteiger partial charge on any atom is -0.395 e. The van der Waals surface area contributed by atoms with Crippen LogP contribution in [0.4, 0.5) is 5.69 Å². The average molecular weight is 260 g/mol. The number of rotatable bonds is 4. The summed E-state index contributed by atoms with van der Waals surface area (Å²) in [4.78, 5) is 24.5. The van der Waals surface area contributed by atoms with Gasteiger partial charge in [-0.05, 0) is 37.1 Å². The number of hydrogen-bond acceptors (Lipinski definition) is 4. The van der Waals surface area contributed by atoms with Gasteiger partial charge in [0.25, 0.3) is 11.8 Å². The van der Waals surface area contributed by atoms with Gasteiger partial charge in [-0.3, -0.25) is 14.5 Å². The number of aryl methyl sites for hydroxylation is 2. The number of carbonyl (C=O) groups excluding carboxylic acids is 2. The lowest BCUT2D eigenvalue weighted by atomic mass is 10.1. The first-order chi connectivity index (χ1) is 9.02. The van der Waals surface area contributed by atoms with Crippen molar-refractivity contribution < 1.29 is 14.7 Å². The van der Waals surface area contributed by atoms with E-state index in [0.29, 0.717) is 0 Å². The standard InChI is InChI=1S/C14H16N2O3/c1-9-3-4-11(7-10(9)2)15-12-8-13(18)16(5-6-17)14(12)19/h3-4,7-8,15,17H,5-6H2,1-2H3. The second kappa shape index (κ2) is 5.24. The SMILES string of the molecule is Cc1ccc(NC2=CC(=O)N(CCO)C2=O)cc1C. The molecule has 2 rings (SSSR count). The smallest absolute Gasteiger partial charge is 0.277 e. The molecule has 0 saturated heterocycles. The molecule has 0 radical (unpaired) electrons. The zero-order valence-electron chi connectivity index (χ0n) is 10.9. The largest absolute Gasteiger partial charge is 0.395 e. The van der Waals surface area contributed by atoms with E-state index in [9.17, 15) is 9.59 Å². The average Bonchev–Trinajstić information content (AvgIpc) is 2.62. The third-order valence-corrected chi connectivity index (χ3v) is 3.12. The van der Waals surface area contributed by atoms with Gasteiger partial charge in [-0.15, -0.1) is 0 Å². The van der Waals surface area contributed by atoms with Crippen LogP contribution < -0.4 is 5.32 Å². The van der Waals surface area contributed by atoms with Crippen LogP contribution in [0.25, 0.3) is 0 Å². The van der Waals surface area contributed by atoms with Gasteiger partial charge in [0.2, 0.25) is 0 Å². The molecule has 100 valence electrons. The molecule has 1 aromatic rings. The Morgan fingerprint density at radius 3 is 2.58 bits per heavy atom. The summed E-state index contributed by atoms with van der Waals surface area (Å²) >= 11 is 0. The molecule has 1 aliphatic rings. The lowest BCUT2D eigenvalue weighted by Gasteiger charge is -2.13. The van der Waals surface area contributed by atoms with E-state index in [4.69, 9.17) is 5.11 Å². The highest BCUT2D eigenvalue weighted by Gasteiger charge is 2.30. The molecular weight excluding hydrogens is 244 g/mol. The van der Waals surface area contributed by atoms with E-state index in [1.54, 1.807) is 0 Å². The van der Waals surface area contributed by atoms with Gasteiger partial charge < -0.3 is 10.4 Å². The molecular formula is C14H16N2O3. The van der Waals surface area contributed by atoms with Crippen LogP contribution in [0.2, 0.25) is 0 Å². The van der Waals surface area contributed by atoms with E-state index in [1.165, 1.54) is 6.08 Å². The van der Waals surface area contributed by atoms with E-state index in [-0.39, 0.29) is 18.8 Å². The monoisotopic (exact) mass is 260 g/mol. The molecule has 2 N–H and O–H groups in total. The first-order valence-electron chi connectivity index (χ1n) is 6.05. The first kappa shape index (κ1) is 13.3. The summed E-state index contributed by atoms with van der Waals surface area (Å²) < 4.78 is 0. The van der Waals surface area contributed by atoms with Gasteiger partial charge in [-0.1, -0.05) is 6.07 Å². The Bertz CT molecular complexity index is 564. The molecule has 0 saturated carbocycles. The van der Waals surface area contributed by atoms with Crippen LogP contribution in [0.15, 0.2) is 30.0 Å². The van der Waals surface area contributed by atoms with Gasteiger partial charge in [-0.25, -0.2) is 0 Å². The predicted molar refractivity (Wildman–Crippen MR) is 71.4 cm³/mol. The van der Waals surface area contributed by atoms with Crippen molar-refractivity contribution in [1.29, 1.82) is 0 Å². The number of imide groups is 1. The Kier molecular flexibility index (Phi) is 3.66. The molecule has 5 heteroatoms. The van der Waals surface area contributed by atoms with Crippen LogP contribution in [0.3, 0.4) is 0 Å². The maximum atomic E-state index is 11.9. The van der Waals surface area contributed by atoms with Gasteiger partial charge in [0.1, 0.15) is 5.70 Å². The van der Waals surface area contributed by atoms with Crippen molar-refractivity contribution >= 4 is 17.5 Å². The highest BCUT2D eigenvalue weighted by atomic mass is 16.3. The molecule has 0 fully saturated rings. The molecule has 1 aliphatic heterocycles. The van der Waals surface area contributed by atoms with Crippen molar-refractivity contribution in [3.8, 4) is 0 Å². The normalized spacial score (nSPS) is 14.9. The van der Waals surface area contributed by atoms with E-state index in [1.807, 2.05) is 32.0 Å². The van der Waals surface area contributed by atoms with Crippen molar-refractivity contribution in [3.63, 3.8) is 0 Å².